The molecule has 2 aromatic heterocycles. The van der Waals surface area contributed by atoms with Gasteiger partial charge in [0, 0.05) is 6.20 Å². The zero-order chi connectivity index (χ0) is 14.9. The molecular formula is C9H6ClF3N6O. The fourth-order valence-corrected chi connectivity index (χ4v) is 1.48. The van der Waals surface area contributed by atoms with Crippen LogP contribution in [0.15, 0.2) is 21.8 Å². The molecule has 20 heavy (non-hydrogen) atoms. The van der Waals surface area contributed by atoms with Gasteiger partial charge in [0.25, 0.3) is 0 Å². The Bertz CT molecular complexity index is 664. The van der Waals surface area contributed by atoms with Crippen molar-refractivity contribution >= 4 is 23.6 Å². The van der Waals surface area contributed by atoms with Crippen molar-refractivity contribution < 1.29 is 17.7 Å². The van der Waals surface area contributed by atoms with Crippen molar-refractivity contribution in [3.63, 3.8) is 0 Å². The van der Waals surface area contributed by atoms with Gasteiger partial charge in [-0.2, -0.15) is 23.1 Å². The van der Waals surface area contributed by atoms with Crippen LogP contribution in [0.25, 0.3) is 11.5 Å². The normalized spacial score (nSPS) is 11.4. The standard InChI is InChI=1S/C9H6ClF3N6O/c10-4-1-3(9(11,12)13)2-16-5(4)6-17-8(20-19-6)18-7(14)15/h1-2H,(H4,14,15,17,18,19). The van der Waals surface area contributed by atoms with Gasteiger partial charge >= 0.3 is 12.2 Å². The molecule has 0 aliphatic carbocycles. The minimum Gasteiger partial charge on any atom is -0.370 e. The summed E-state index contributed by atoms with van der Waals surface area (Å²) >= 11 is 5.72. The number of hydrogen-bond acceptors (Lipinski definition) is 5. The summed E-state index contributed by atoms with van der Waals surface area (Å²) in [4.78, 5) is 10.8. The number of halogens is 4. The highest BCUT2D eigenvalue weighted by atomic mass is 35.5. The van der Waals surface area contributed by atoms with Gasteiger partial charge in [0.15, 0.2) is 5.96 Å². The van der Waals surface area contributed by atoms with Crippen LogP contribution in [-0.2, 0) is 6.18 Å². The van der Waals surface area contributed by atoms with Crippen molar-refractivity contribution in [2.75, 3.05) is 0 Å². The zero-order valence-corrected chi connectivity index (χ0v) is 10.3. The average molecular weight is 307 g/mol. The zero-order valence-electron chi connectivity index (χ0n) is 9.52. The lowest BCUT2D eigenvalue weighted by atomic mass is 10.2. The van der Waals surface area contributed by atoms with E-state index in [4.69, 9.17) is 23.1 Å². The number of guanidine groups is 1. The second kappa shape index (κ2) is 4.96. The second-order valence-corrected chi connectivity index (χ2v) is 3.90. The van der Waals surface area contributed by atoms with E-state index < -0.39 is 11.7 Å². The average Bonchev–Trinajstić information content (AvgIpc) is 2.75. The Kier molecular flexibility index (Phi) is 3.49. The molecule has 7 nitrogen and oxygen atoms in total. The third-order valence-electron chi connectivity index (χ3n) is 2.02. The fourth-order valence-electron chi connectivity index (χ4n) is 1.22. The summed E-state index contributed by atoms with van der Waals surface area (Å²) in [6.45, 7) is 0. The molecule has 0 radical (unpaired) electrons. The molecule has 4 N–H and O–H groups in total. The number of nitrogens with zero attached hydrogens (tertiary/aromatic N) is 4. The van der Waals surface area contributed by atoms with Gasteiger partial charge in [-0.3, -0.25) is 4.98 Å². The van der Waals surface area contributed by atoms with Gasteiger partial charge in [-0.15, -0.1) is 0 Å². The van der Waals surface area contributed by atoms with Gasteiger partial charge in [0.05, 0.1) is 10.6 Å². The molecule has 2 heterocycles. The minimum atomic E-state index is -4.55. The van der Waals surface area contributed by atoms with Gasteiger partial charge in [-0.1, -0.05) is 16.8 Å². The molecule has 0 spiro atoms. The molecule has 2 aromatic rings. The highest BCUT2D eigenvalue weighted by Gasteiger charge is 2.32. The van der Waals surface area contributed by atoms with E-state index in [-0.39, 0.29) is 28.5 Å². The Balaban J connectivity index is 2.39. The summed E-state index contributed by atoms with van der Waals surface area (Å²) in [6, 6.07) is 0.443. The van der Waals surface area contributed by atoms with Crippen molar-refractivity contribution in [2.45, 2.75) is 6.18 Å². The van der Waals surface area contributed by atoms with Crippen LogP contribution in [0.2, 0.25) is 5.02 Å². The lowest BCUT2D eigenvalue weighted by molar-refractivity contribution is -0.137. The molecule has 0 fully saturated rings. The van der Waals surface area contributed by atoms with E-state index in [1.165, 1.54) is 0 Å². The lowest BCUT2D eigenvalue weighted by Gasteiger charge is -2.07. The van der Waals surface area contributed by atoms with E-state index in [0.29, 0.717) is 12.3 Å². The van der Waals surface area contributed by atoms with E-state index in [2.05, 4.69) is 24.6 Å². The molecule has 106 valence electrons. The van der Waals surface area contributed by atoms with Crippen molar-refractivity contribution in [1.29, 1.82) is 0 Å². The predicted molar refractivity (Wildman–Crippen MR) is 63.0 cm³/mol. The Hall–Kier alpha value is -2.36. The first-order chi connectivity index (χ1) is 9.27. The van der Waals surface area contributed by atoms with Crippen molar-refractivity contribution in [3.05, 3.63) is 22.8 Å². The van der Waals surface area contributed by atoms with Gasteiger partial charge in [0.2, 0.25) is 5.82 Å². The number of aliphatic imine (C=N–C) groups is 1. The third-order valence-corrected chi connectivity index (χ3v) is 2.31. The summed E-state index contributed by atoms with van der Waals surface area (Å²) in [7, 11) is 0. The highest BCUT2D eigenvalue weighted by Crippen LogP contribution is 2.33. The SMILES string of the molecule is NC(N)=Nc1nc(-c2ncc(C(F)(F)F)cc2Cl)no1. The maximum Gasteiger partial charge on any atom is 0.417 e. The van der Waals surface area contributed by atoms with Crippen LogP contribution in [0.1, 0.15) is 5.56 Å². The van der Waals surface area contributed by atoms with E-state index in [0.717, 1.165) is 0 Å². The topological polar surface area (TPSA) is 116 Å². The molecule has 0 amide bonds. The van der Waals surface area contributed by atoms with Crippen LogP contribution in [0, 0.1) is 0 Å². The Labute approximate surface area is 114 Å². The fraction of sp³-hybridized carbons (Fsp3) is 0.111. The van der Waals surface area contributed by atoms with Gasteiger partial charge in [-0.05, 0) is 6.07 Å². The van der Waals surface area contributed by atoms with E-state index in [1.54, 1.807) is 0 Å². The number of rotatable bonds is 2. The van der Waals surface area contributed by atoms with Crippen LogP contribution in [0.3, 0.4) is 0 Å². The smallest absolute Gasteiger partial charge is 0.370 e. The third kappa shape index (κ3) is 2.96. The molecule has 0 bridgehead atoms. The molecular weight excluding hydrogens is 301 g/mol. The van der Waals surface area contributed by atoms with E-state index >= 15 is 0 Å². The van der Waals surface area contributed by atoms with Crippen LogP contribution < -0.4 is 11.5 Å². The number of hydrogen-bond donors (Lipinski definition) is 2. The van der Waals surface area contributed by atoms with Crippen LogP contribution >= 0.6 is 11.6 Å². The Morgan fingerprint density at radius 1 is 1.35 bits per heavy atom. The summed E-state index contributed by atoms with van der Waals surface area (Å²) in [5, 5.41) is 3.18. The number of alkyl halides is 3. The molecule has 0 aliphatic rings. The Morgan fingerprint density at radius 2 is 2.05 bits per heavy atom. The molecule has 0 aromatic carbocycles. The van der Waals surface area contributed by atoms with Gasteiger partial charge in [-0.25, -0.2) is 0 Å². The Morgan fingerprint density at radius 3 is 2.60 bits per heavy atom. The summed E-state index contributed by atoms with van der Waals surface area (Å²) in [5.74, 6) is -0.449. The molecule has 11 heteroatoms. The number of nitrogens with two attached hydrogens (primary N) is 2. The van der Waals surface area contributed by atoms with Crippen molar-refractivity contribution in [2.24, 2.45) is 16.5 Å². The quantitative estimate of drug-likeness (QED) is 0.644. The monoisotopic (exact) mass is 306 g/mol. The summed E-state index contributed by atoms with van der Waals surface area (Å²) in [5.41, 5.74) is 9.14. The first-order valence-electron chi connectivity index (χ1n) is 4.94. The van der Waals surface area contributed by atoms with Crippen molar-refractivity contribution in [1.82, 2.24) is 15.1 Å². The molecule has 0 saturated heterocycles. The first-order valence-corrected chi connectivity index (χ1v) is 5.31. The van der Waals surface area contributed by atoms with E-state index in [1.807, 2.05) is 0 Å². The molecule has 0 saturated carbocycles. The lowest BCUT2D eigenvalue weighted by Crippen LogP contribution is -2.21. The van der Waals surface area contributed by atoms with Crippen LogP contribution in [0.5, 0.6) is 0 Å². The molecule has 0 unspecified atom stereocenters. The second-order valence-electron chi connectivity index (χ2n) is 3.49. The minimum absolute atomic E-state index is 0.0829. The number of aromatic nitrogens is 3. The number of pyridine rings is 1. The maximum atomic E-state index is 12.5. The molecule has 0 aliphatic heterocycles. The van der Waals surface area contributed by atoms with E-state index in [9.17, 15) is 13.2 Å². The summed E-state index contributed by atoms with van der Waals surface area (Å²) < 4.78 is 42.0. The first kappa shape index (κ1) is 14.1. The van der Waals surface area contributed by atoms with Gasteiger partial charge < -0.3 is 16.0 Å². The predicted octanol–water partition coefficient (Wildman–Crippen LogP) is 1.71. The summed E-state index contributed by atoms with van der Waals surface area (Å²) in [6.07, 6.45) is -3.94. The van der Waals surface area contributed by atoms with Gasteiger partial charge in [0.1, 0.15) is 5.69 Å². The van der Waals surface area contributed by atoms with Crippen LogP contribution in [-0.4, -0.2) is 21.1 Å². The van der Waals surface area contributed by atoms with Crippen LogP contribution in [0.4, 0.5) is 19.2 Å². The largest absolute Gasteiger partial charge is 0.417 e. The maximum absolute atomic E-state index is 12.5. The molecule has 2 rings (SSSR count). The molecule has 0 atom stereocenters. The van der Waals surface area contributed by atoms with Crippen molar-refractivity contribution in [3.8, 4) is 11.5 Å². The highest BCUT2D eigenvalue weighted by molar-refractivity contribution is 6.32.